The maximum absolute atomic E-state index is 12.7. The third-order valence-corrected chi connectivity index (χ3v) is 5.74. The Labute approximate surface area is 208 Å². The van der Waals surface area contributed by atoms with Crippen molar-refractivity contribution in [3.05, 3.63) is 29.8 Å². The Kier molecular flexibility index (Phi) is 12.0. The molecular formula is C22H32N4O8S. The highest BCUT2D eigenvalue weighted by molar-refractivity contribution is 7.80. The summed E-state index contributed by atoms with van der Waals surface area (Å²) in [5.74, 6) is -5.69. The number of thiol groups is 1. The number of hydrogen-bond donors (Lipinski definition) is 8. The first-order chi connectivity index (χ1) is 16.4. The second-order valence-electron chi connectivity index (χ2n) is 8.08. The van der Waals surface area contributed by atoms with Gasteiger partial charge >= 0.3 is 11.9 Å². The molecule has 1 aromatic rings. The van der Waals surface area contributed by atoms with Gasteiger partial charge in [0.1, 0.15) is 23.9 Å². The van der Waals surface area contributed by atoms with Crippen LogP contribution in [0.4, 0.5) is 0 Å². The predicted octanol–water partition coefficient (Wildman–Crippen LogP) is -0.748. The first kappa shape index (κ1) is 29.7. The van der Waals surface area contributed by atoms with Gasteiger partial charge in [0, 0.05) is 12.2 Å². The highest BCUT2D eigenvalue weighted by atomic mass is 32.1. The monoisotopic (exact) mass is 512 g/mol. The van der Waals surface area contributed by atoms with Crippen LogP contribution in [0.3, 0.4) is 0 Å². The minimum absolute atomic E-state index is 0.00405. The molecule has 0 aliphatic rings. The van der Waals surface area contributed by atoms with Crippen LogP contribution in [-0.4, -0.2) is 74.9 Å². The van der Waals surface area contributed by atoms with Crippen LogP contribution >= 0.6 is 12.6 Å². The molecular weight excluding hydrogens is 480 g/mol. The van der Waals surface area contributed by atoms with Crippen LogP contribution in [0.15, 0.2) is 24.3 Å². The maximum atomic E-state index is 12.7. The van der Waals surface area contributed by atoms with Gasteiger partial charge < -0.3 is 37.0 Å². The summed E-state index contributed by atoms with van der Waals surface area (Å²) in [6.45, 7) is 3.55. The summed E-state index contributed by atoms with van der Waals surface area (Å²) >= 11 is 4.02. The van der Waals surface area contributed by atoms with E-state index in [2.05, 4.69) is 28.6 Å². The normalized spacial score (nSPS) is 15.1. The van der Waals surface area contributed by atoms with E-state index in [4.69, 9.17) is 10.8 Å². The smallest absolute Gasteiger partial charge is 0.326 e. The Morgan fingerprint density at radius 2 is 1.43 bits per heavy atom. The standard InChI is InChI=1S/C22H32N4O8S/c1-3-11(2)18(23)21(32)24-14(9-17(28)29)19(30)26-16(10-35)20(31)25-15(22(33)34)8-12-4-6-13(27)7-5-12/h4-7,11,14-16,18,27,35H,3,8-10,23H2,1-2H3,(H,24,32)(H,25,31)(H,26,30)(H,28,29)(H,33,34). The van der Waals surface area contributed by atoms with E-state index in [0.717, 1.165) is 0 Å². The molecule has 0 saturated carbocycles. The summed E-state index contributed by atoms with van der Waals surface area (Å²) in [4.78, 5) is 60.6. The van der Waals surface area contributed by atoms with Crippen molar-refractivity contribution < 1.29 is 39.3 Å². The molecule has 0 radical (unpaired) electrons. The number of carboxylic acids is 2. The third-order valence-electron chi connectivity index (χ3n) is 5.38. The lowest BCUT2D eigenvalue weighted by molar-refractivity contribution is -0.143. The second-order valence-corrected chi connectivity index (χ2v) is 8.45. The van der Waals surface area contributed by atoms with E-state index >= 15 is 0 Å². The molecule has 0 fully saturated rings. The minimum Gasteiger partial charge on any atom is -0.508 e. The predicted molar refractivity (Wildman–Crippen MR) is 129 cm³/mol. The molecule has 194 valence electrons. The summed E-state index contributed by atoms with van der Waals surface area (Å²) in [5, 5.41) is 34.9. The fourth-order valence-corrected chi connectivity index (χ4v) is 3.23. The highest BCUT2D eigenvalue weighted by Crippen LogP contribution is 2.12. The molecule has 3 amide bonds. The van der Waals surface area contributed by atoms with Gasteiger partial charge in [-0.2, -0.15) is 12.6 Å². The number of amides is 3. The van der Waals surface area contributed by atoms with Crippen molar-refractivity contribution in [1.29, 1.82) is 0 Å². The molecule has 1 aromatic carbocycles. The molecule has 0 aliphatic carbocycles. The lowest BCUT2D eigenvalue weighted by atomic mass is 9.99. The number of rotatable bonds is 14. The fourth-order valence-electron chi connectivity index (χ4n) is 2.97. The van der Waals surface area contributed by atoms with Gasteiger partial charge in [-0.1, -0.05) is 32.4 Å². The molecule has 8 N–H and O–H groups in total. The van der Waals surface area contributed by atoms with Crippen molar-refractivity contribution in [3.8, 4) is 5.75 Å². The topological polar surface area (TPSA) is 208 Å². The number of aromatic hydroxyl groups is 1. The Morgan fingerprint density at radius 3 is 1.91 bits per heavy atom. The summed E-state index contributed by atoms with van der Waals surface area (Å²) in [6, 6.07) is 0.588. The molecule has 35 heavy (non-hydrogen) atoms. The van der Waals surface area contributed by atoms with Gasteiger partial charge in [0.2, 0.25) is 17.7 Å². The van der Waals surface area contributed by atoms with Crippen molar-refractivity contribution in [2.45, 2.75) is 57.3 Å². The molecule has 12 nitrogen and oxygen atoms in total. The number of carbonyl (C=O) groups is 5. The summed E-state index contributed by atoms with van der Waals surface area (Å²) in [7, 11) is 0. The first-order valence-electron chi connectivity index (χ1n) is 10.9. The molecule has 5 atom stereocenters. The third kappa shape index (κ3) is 9.83. The number of aliphatic carboxylic acids is 2. The van der Waals surface area contributed by atoms with Gasteiger partial charge in [-0.3, -0.25) is 19.2 Å². The Balaban J connectivity index is 2.90. The maximum Gasteiger partial charge on any atom is 0.326 e. The number of nitrogens with one attached hydrogen (secondary N) is 3. The van der Waals surface area contributed by atoms with Gasteiger partial charge in [0.15, 0.2) is 0 Å². The van der Waals surface area contributed by atoms with E-state index in [1.807, 2.05) is 6.92 Å². The lowest BCUT2D eigenvalue weighted by Crippen LogP contribution is -2.58. The van der Waals surface area contributed by atoms with Gasteiger partial charge in [-0.15, -0.1) is 0 Å². The largest absolute Gasteiger partial charge is 0.508 e. The van der Waals surface area contributed by atoms with Crippen molar-refractivity contribution in [2.24, 2.45) is 11.7 Å². The fraction of sp³-hybridized carbons (Fsp3) is 0.500. The lowest BCUT2D eigenvalue weighted by Gasteiger charge is -2.25. The van der Waals surface area contributed by atoms with Crippen LogP contribution in [0.2, 0.25) is 0 Å². The molecule has 0 saturated heterocycles. The zero-order valence-corrected chi connectivity index (χ0v) is 20.3. The number of nitrogens with two attached hydrogens (primary N) is 1. The number of carbonyl (C=O) groups excluding carboxylic acids is 3. The molecule has 0 heterocycles. The van der Waals surface area contributed by atoms with Crippen molar-refractivity contribution in [3.63, 3.8) is 0 Å². The average Bonchev–Trinajstić information content (AvgIpc) is 2.81. The molecule has 0 spiro atoms. The highest BCUT2D eigenvalue weighted by Gasteiger charge is 2.31. The Morgan fingerprint density at radius 1 is 0.914 bits per heavy atom. The average molecular weight is 513 g/mol. The van der Waals surface area contributed by atoms with E-state index in [-0.39, 0.29) is 23.8 Å². The van der Waals surface area contributed by atoms with Gasteiger partial charge in [0.05, 0.1) is 12.5 Å². The zero-order valence-electron chi connectivity index (χ0n) is 19.4. The summed E-state index contributed by atoms with van der Waals surface area (Å²) < 4.78 is 0. The summed E-state index contributed by atoms with van der Waals surface area (Å²) in [6.07, 6.45) is -0.273. The second kappa shape index (κ2) is 14.2. The minimum atomic E-state index is -1.52. The Bertz CT molecular complexity index is 911. The van der Waals surface area contributed by atoms with Crippen LogP contribution in [0.25, 0.3) is 0 Å². The number of hydrogen-bond acceptors (Lipinski definition) is 8. The molecule has 0 aliphatic heterocycles. The zero-order chi connectivity index (χ0) is 26.7. The Hall–Kier alpha value is -3.32. The van der Waals surface area contributed by atoms with Crippen LogP contribution < -0.4 is 21.7 Å². The molecule has 5 unspecified atom stereocenters. The van der Waals surface area contributed by atoms with Gasteiger partial charge in [0.25, 0.3) is 0 Å². The SMILES string of the molecule is CCC(C)C(N)C(=O)NC(CC(=O)O)C(=O)NC(CS)C(=O)NC(Cc1ccc(O)cc1)C(=O)O. The van der Waals surface area contributed by atoms with E-state index in [1.165, 1.54) is 24.3 Å². The number of phenolic OH excluding ortho intramolecular Hbond substituents is 1. The van der Waals surface area contributed by atoms with E-state index < -0.39 is 60.2 Å². The van der Waals surface area contributed by atoms with Crippen molar-refractivity contribution >= 4 is 42.3 Å². The van der Waals surface area contributed by atoms with Gasteiger partial charge in [-0.05, 0) is 23.6 Å². The number of benzene rings is 1. The van der Waals surface area contributed by atoms with Crippen LogP contribution in [0.5, 0.6) is 5.75 Å². The number of phenols is 1. The van der Waals surface area contributed by atoms with Crippen LogP contribution in [0, 0.1) is 5.92 Å². The summed E-state index contributed by atoms with van der Waals surface area (Å²) in [5.41, 5.74) is 6.38. The molecule has 1 rings (SSSR count). The van der Waals surface area contributed by atoms with E-state index in [1.54, 1.807) is 6.92 Å². The molecule has 0 aromatic heterocycles. The van der Waals surface area contributed by atoms with Gasteiger partial charge in [-0.25, -0.2) is 4.79 Å². The van der Waals surface area contributed by atoms with E-state index in [9.17, 15) is 34.2 Å². The quantitative estimate of drug-likeness (QED) is 0.147. The van der Waals surface area contributed by atoms with Crippen LogP contribution in [-0.2, 0) is 30.4 Å². The van der Waals surface area contributed by atoms with Crippen molar-refractivity contribution in [1.82, 2.24) is 16.0 Å². The number of carboxylic acid groups (broad SMARTS) is 2. The van der Waals surface area contributed by atoms with E-state index in [0.29, 0.717) is 12.0 Å². The van der Waals surface area contributed by atoms with Crippen LogP contribution in [0.1, 0.15) is 32.3 Å². The molecule has 13 heteroatoms. The molecule has 0 bridgehead atoms. The van der Waals surface area contributed by atoms with Crippen molar-refractivity contribution in [2.75, 3.05) is 5.75 Å². The first-order valence-corrected chi connectivity index (χ1v) is 11.5.